The summed E-state index contributed by atoms with van der Waals surface area (Å²) < 4.78 is 37.2. The summed E-state index contributed by atoms with van der Waals surface area (Å²) in [5.41, 5.74) is 1.02. The third-order valence-corrected chi connectivity index (χ3v) is 2.57. The Hall–Kier alpha value is -2.42. The van der Waals surface area contributed by atoms with Crippen molar-refractivity contribution in [3.8, 4) is 11.1 Å². The van der Waals surface area contributed by atoms with Gasteiger partial charge in [-0.05, 0) is 35.7 Å². The van der Waals surface area contributed by atoms with E-state index in [4.69, 9.17) is 6.57 Å². The molecular weight excluding hydrogens is 255 g/mol. The van der Waals surface area contributed by atoms with Crippen LogP contribution in [0.1, 0.15) is 11.3 Å². The van der Waals surface area contributed by atoms with Crippen LogP contribution in [0.25, 0.3) is 16.0 Å². The van der Waals surface area contributed by atoms with E-state index in [-0.39, 0.29) is 5.82 Å². The van der Waals surface area contributed by atoms with Gasteiger partial charge in [-0.25, -0.2) is 0 Å². The molecule has 2 aromatic rings. The topological polar surface area (TPSA) is 30.1 Å². The van der Waals surface area contributed by atoms with Crippen molar-refractivity contribution in [1.29, 1.82) is 0 Å². The van der Waals surface area contributed by atoms with Gasteiger partial charge < -0.3 is 4.85 Å². The van der Waals surface area contributed by atoms with Crippen LogP contribution in [0, 0.1) is 13.5 Å². The second-order valence-corrected chi connectivity index (χ2v) is 3.90. The smallest absolute Gasteiger partial charge is 0.361 e. The van der Waals surface area contributed by atoms with E-state index in [0.717, 1.165) is 17.8 Å². The predicted octanol–water partition coefficient (Wildman–Crippen LogP) is 4.02. The van der Waals surface area contributed by atoms with E-state index in [9.17, 15) is 13.2 Å². The summed E-state index contributed by atoms with van der Waals surface area (Å²) in [4.78, 5) is 10.5. The Labute approximate surface area is 107 Å². The fourth-order valence-corrected chi connectivity index (χ4v) is 1.61. The first kappa shape index (κ1) is 13.0. The molecule has 0 aliphatic carbocycles. The van der Waals surface area contributed by atoms with Gasteiger partial charge >= 0.3 is 6.18 Å². The number of nitrogens with zero attached hydrogens (tertiary/aromatic N) is 3. The largest absolute Gasteiger partial charge is 0.433 e. The number of hydrogen-bond donors (Lipinski definition) is 0. The van der Waals surface area contributed by atoms with Crippen molar-refractivity contribution in [3.05, 3.63) is 53.3 Å². The second kappa shape index (κ2) is 4.69. The van der Waals surface area contributed by atoms with Crippen molar-refractivity contribution in [2.75, 3.05) is 0 Å². The van der Waals surface area contributed by atoms with Crippen LogP contribution >= 0.6 is 0 Å². The Bertz CT molecular complexity index is 640. The molecule has 0 spiro atoms. The highest BCUT2D eigenvalue weighted by atomic mass is 19.4. The number of rotatable bonds is 1. The van der Waals surface area contributed by atoms with E-state index in [1.807, 2.05) is 0 Å². The van der Waals surface area contributed by atoms with E-state index < -0.39 is 11.9 Å². The number of halogens is 3. The average Bonchev–Trinajstić information content (AvgIpc) is 2.38. The molecule has 0 bridgehead atoms. The van der Waals surface area contributed by atoms with Crippen molar-refractivity contribution in [1.82, 2.24) is 9.97 Å². The van der Waals surface area contributed by atoms with E-state index in [2.05, 4.69) is 14.8 Å². The minimum Gasteiger partial charge on any atom is -0.361 e. The maximum Gasteiger partial charge on any atom is 0.433 e. The molecule has 0 saturated carbocycles. The first-order valence-electron chi connectivity index (χ1n) is 5.29. The molecule has 2 heterocycles. The molecule has 0 aromatic carbocycles. The summed E-state index contributed by atoms with van der Waals surface area (Å²) in [5, 5.41) is 0. The molecule has 0 aliphatic rings. The molecule has 96 valence electrons. The highest BCUT2D eigenvalue weighted by Crippen LogP contribution is 2.30. The Morgan fingerprint density at radius 3 is 2.42 bits per heavy atom. The van der Waals surface area contributed by atoms with Crippen LogP contribution in [0.3, 0.4) is 0 Å². The highest BCUT2D eigenvalue weighted by Gasteiger charge is 2.32. The van der Waals surface area contributed by atoms with Crippen LogP contribution in [0.2, 0.25) is 0 Å². The first-order chi connectivity index (χ1) is 8.91. The monoisotopic (exact) mass is 263 g/mol. The van der Waals surface area contributed by atoms with Crippen LogP contribution < -0.4 is 0 Å². The molecule has 0 N–H and O–H groups in total. The highest BCUT2D eigenvalue weighted by molar-refractivity contribution is 5.69. The van der Waals surface area contributed by atoms with Gasteiger partial charge in [0, 0.05) is 6.20 Å². The summed E-state index contributed by atoms with van der Waals surface area (Å²) in [7, 11) is 0. The summed E-state index contributed by atoms with van der Waals surface area (Å²) in [6, 6.07) is 3.80. The molecule has 19 heavy (non-hydrogen) atoms. The molecular formula is C13H8F3N3. The number of aryl methyl sites for hydroxylation is 1. The molecule has 6 heteroatoms. The lowest BCUT2D eigenvalue weighted by atomic mass is 10.0. The van der Waals surface area contributed by atoms with Crippen LogP contribution in [0.4, 0.5) is 19.0 Å². The average molecular weight is 263 g/mol. The van der Waals surface area contributed by atoms with Crippen molar-refractivity contribution >= 4 is 5.82 Å². The Kier molecular flexibility index (Phi) is 3.21. The molecule has 3 nitrogen and oxygen atoms in total. The molecule has 2 rings (SSSR count). The minimum atomic E-state index is -4.45. The molecule has 0 fully saturated rings. The Morgan fingerprint density at radius 2 is 1.89 bits per heavy atom. The molecule has 0 atom stereocenters. The fraction of sp³-hybridized carbons (Fsp3) is 0.154. The fourth-order valence-electron chi connectivity index (χ4n) is 1.61. The zero-order valence-electron chi connectivity index (χ0n) is 9.86. The molecule has 0 radical (unpaired) electrons. The summed E-state index contributed by atoms with van der Waals surface area (Å²) in [5.74, 6) is 0.195. The normalized spacial score (nSPS) is 11.1. The molecule has 0 aliphatic heterocycles. The van der Waals surface area contributed by atoms with Crippen LogP contribution in [-0.2, 0) is 6.18 Å². The number of pyridine rings is 2. The zero-order valence-corrected chi connectivity index (χ0v) is 9.86. The third-order valence-electron chi connectivity index (χ3n) is 2.57. The summed E-state index contributed by atoms with van der Waals surface area (Å²) in [6.07, 6.45) is -1.78. The molecule has 0 unspecified atom stereocenters. The van der Waals surface area contributed by atoms with Crippen molar-refractivity contribution in [2.45, 2.75) is 13.1 Å². The zero-order chi connectivity index (χ0) is 14.0. The van der Waals surface area contributed by atoms with E-state index >= 15 is 0 Å². The maximum atomic E-state index is 12.4. The van der Waals surface area contributed by atoms with Crippen molar-refractivity contribution < 1.29 is 13.2 Å². The van der Waals surface area contributed by atoms with Gasteiger partial charge in [0.1, 0.15) is 11.9 Å². The van der Waals surface area contributed by atoms with E-state index in [0.29, 0.717) is 11.1 Å². The Balaban J connectivity index is 2.46. The van der Waals surface area contributed by atoms with Crippen molar-refractivity contribution in [3.63, 3.8) is 0 Å². The SMILES string of the molecule is [C-]#[N+]c1cc(-c2ccc(C(F)(F)F)nc2)c(C)cn1. The molecule has 0 saturated heterocycles. The van der Waals surface area contributed by atoms with Crippen LogP contribution in [-0.4, -0.2) is 9.97 Å². The van der Waals surface area contributed by atoms with Gasteiger partial charge in [0.25, 0.3) is 5.82 Å². The van der Waals surface area contributed by atoms with Gasteiger partial charge in [-0.1, -0.05) is 12.6 Å². The summed E-state index contributed by atoms with van der Waals surface area (Å²) in [6.45, 7) is 8.66. The van der Waals surface area contributed by atoms with Crippen LogP contribution in [0.5, 0.6) is 0 Å². The lowest BCUT2D eigenvalue weighted by Gasteiger charge is -2.08. The predicted molar refractivity (Wildman–Crippen MR) is 63.5 cm³/mol. The summed E-state index contributed by atoms with van der Waals surface area (Å²) >= 11 is 0. The number of aromatic nitrogens is 2. The van der Waals surface area contributed by atoms with Gasteiger partial charge in [-0.3, -0.25) is 4.98 Å². The van der Waals surface area contributed by atoms with Gasteiger partial charge in [-0.15, -0.1) is 4.98 Å². The maximum absolute atomic E-state index is 12.4. The number of alkyl halides is 3. The van der Waals surface area contributed by atoms with Gasteiger partial charge in [0.15, 0.2) is 0 Å². The quantitative estimate of drug-likeness (QED) is 0.727. The minimum absolute atomic E-state index is 0.195. The molecule has 0 amide bonds. The first-order valence-corrected chi connectivity index (χ1v) is 5.29. The standard InChI is InChI=1S/C13H8F3N3/c1-8-6-19-12(17-2)5-10(8)9-3-4-11(18-7-9)13(14,15)16/h3-7H,1H3. The van der Waals surface area contributed by atoms with E-state index in [1.54, 1.807) is 6.92 Å². The lowest BCUT2D eigenvalue weighted by Crippen LogP contribution is -2.07. The molecule has 2 aromatic heterocycles. The van der Waals surface area contributed by atoms with Crippen LogP contribution in [0.15, 0.2) is 30.6 Å². The van der Waals surface area contributed by atoms with Gasteiger partial charge in [0.05, 0.1) is 0 Å². The lowest BCUT2D eigenvalue weighted by molar-refractivity contribution is -0.141. The second-order valence-electron chi connectivity index (χ2n) is 3.90. The van der Waals surface area contributed by atoms with Gasteiger partial charge in [0.2, 0.25) is 0 Å². The van der Waals surface area contributed by atoms with Crippen molar-refractivity contribution in [2.24, 2.45) is 0 Å². The third kappa shape index (κ3) is 2.71. The van der Waals surface area contributed by atoms with E-state index in [1.165, 1.54) is 18.3 Å². The van der Waals surface area contributed by atoms with Gasteiger partial charge in [-0.2, -0.15) is 13.2 Å². The Morgan fingerprint density at radius 1 is 1.16 bits per heavy atom. The number of hydrogen-bond acceptors (Lipinski definition) is 2.